The summed E-state index contributed by atoms with van der Waals surface area (Å²) in [6.45, 7) is 0.481. The highest BCUT2D eigenvalue weighted by molar-refractivity contribution is 5.97. The van der Waals surface area contributed by atoms with Crippen LogP contribution in [-0.2, 0) is 13.1 Å². The first-order valence-electron chi connectivity index (χ1n) is 8.31. The summed E-state index contributed by atoms with van der Waals surface area (Å²) in [5.74, 6) is -0.654. The molecule has 0 spiro atoms. The van der Waals surface area contributed by atoms with Gasteiger partial charge in [0.2, 0.25) is 0 Å². The van der Waals surface area contributed by atoms with Crippen LogP contribution in [0.2, 0.25) is 0 Å². The molecular formula is C19H17F3N4O2. The summed E-state index contributed by atoms with van der Waals surface area (Å²) in [6.07, 6.45) is -1.37. The second-order valence-corrected chi connectivity index (χ2v) is 5.89. The maximum absolute atomic E-state index is 12.6. The number of para-hydroxylation sites is 1. The van der Waals surface area contributed by atoms with E-state index in [-0.39, 0.29) is 18.2 Å². The standard InChI is InChI=1S/C19H17F3N4O2/c20-19(21,22)28-15-7-5-13(6-8-15)10-24-18(27)16-3-1-2-4-17(16)26-12-14(9-23)11-25-26/h1-8,11-12H,9-10,23H2,(H,24,27). The zero-order chi connectivity index (χ0) is 20.1. The number of hydrogen-bond acceptors (Lipinski definition) is 4. The van der Waals surface area contributed by atoms with Crippen LogP contribution in [0, 0.1) is 0 Å². The minimum Gasteiger partial charge on any atom is -0.406 e. The molecule has 3 rings (SSSR count). The van der Waals surface area contributed by atoms with Gasteiger partial charge in [0.25, 0.3) is 5.91 Å². The predicted octanol–water partition coefficient (Wildman–Crippen LogP) is 3.16. The highest BCUT2D eigenvalue weighted by Crippen LogP contribution is 2.22. The molecule has 9 heteroatoms. The molecule has 1 aromatic heterocycles. The Balaban J connectivity index is 1.69. The van der Waals surface area contributed by atoms with E-state index in [1.54, 1.807) is 41.3 Å². The van der Waals surface area contributed by atoms with E-state index >= 15 is 0 Å². The van der Waals surface area contributed by atoms with Crippen molar-refractivity contribution in [2.24, 2.45) is 5.73 Å². The molecule has 0 unspecified atom stereocenters. The van der Waals surface area contributed by atoms with Crippen LogP contribution >= 0.6 is 0 Å². The van der Waals surface area contributed by atoms with E-state index in [0.29, 0.717) is 23.4 Å². The van der Waals surface area contributed by atoms with Crippen LogP contribution in [0.5, 0.6) is 5.75 Å². The Kier molecular flexibility index (Phi) is 5.65. The monoisotopic (exact) mass is 390 g/mol. The third kappa shape index (κ3) is 4.89. The summed E-state index contributed by atoms with van der Waals surface area (Å²) in [7, 11) is 0. The van der Waals surface area contributed by atoms with Crippen molar-refractivity contribution >= 4 is 5.91 Å². The average molecular weight is 390 g/mol. The second kappa shape index (κ2) is 8.13. The van der Waals surface area contributed by atoms with Crippen LogP contribution in [0.25, 0.3) is 5.69 Å². The topological polar surface area (TPSA) is 82.2 Å². The van der Waals surface area contributed by atoms with Crippen molar-refractivity contribution in [1.82, 2.24) is 15.1 Å². The number of ether oxygens (including phenoxy) is 1. The van der Waals surface area contributed by atoms with Gasteiger partial charge < -0.3 is 15.8 Å². The number of nitrogens with one attached hydrogen (secondary N) is 1. The number of hydrogen-bond donors (Lipinski definition) is 2. The molecular weight excluding hydrogens is 373 g/mol. The van der Waals surface area contributed by atoms with Crippen molar-refractivity contribution in [2.75, 3.05) is 0 Å². The second-order valence-electron chi connectivity index (χ2n) is 5.89. The van der Waals surface area contributed by atoms with Gasteiger partial charge in [0.05, 0.1) is 17.4 Å². The highest BCUT2D eigenvalue weighted by atomic mass is 19.4. The first-order valence-corrected chi connectivity index (χ1v) is 8.31. The Bertz CT molecular complexity index is 952. The molecule has 146 valence electrons. The van der Waals surface area contributed by atoms with Crippen LogP contribution in [0.1, 0.15) is 21.5 Å². The average Bonchev–Trinajstić information content (AvgIpc) is 3.15. The quantitative estimate of drug-likeness (QED) is 0.677. The minimum absolute atomic E-state index is 0.145. The lowest BCUT2D eigenvalue weighted by Crippen LogP contribution is -2.24. The van der Waals surface area contributed by atoms with E-state index in [2.05, 4.69) is 15.2 Å². The normalized spacial score (nSPS) is 11.3. The largest absolute Gasteiger partial charge is 0.573 e. The molecule has 6 nitrogen and oxygen atoms in total. The zero-order valence-corrected chi connectivity index (χ0v) is 14.6. The Labute approximate surface area is 158 Å². The third-order valence-electron chi connectivity index (χ3n) is 3.88. The molecule has 0 aliphatic heterocycles. The van der Waals surface area contributed by atoms with Gasteiger partial charge in [-0.15, -0.1) is 13.2 Å². The highest BCUT2D eigenvalue weighted by Gasteiger charge is 2.30. The number of alkyl halides is 3. The molecule has 0 bridgehead atoms. The fourth-order valence-electron chi connectivity index (χ4n) is 2.55. The molecule has 0 atom stereocenters. The lowest BCUT2D eigenvalue weighted by molar-refractivity contribution is -0.274. The van der Waals surface area contributed by atoms with Gasteiger partial charge in [0.1, 0.15) is 5.75 Å². The van der Waals surface area contributed by atoms with E-state index < -0.39 is 6.36 Å². The molecule has 0 fully saturated rings. The van der Waals surface area contributed by atoms with E-state index in [1.165, 1.54) is 24.3 Å². The third-order valence-corrected chi connectivity index (χ3v) is 3.88. The van der Waals surface area contributed by atoms with Crippen LogP contribution in [-0.4, -0.2) is 22.1 Å². The number of carbonyl (C=O) groups excluding carboxylic acids is 1. The number of halogens is 3. The molecule has 0 aliphatic carbocycles. The molecule has 3 N–H and O–H groups in total. The molecule has 2 aromatic carbocycles. The number of carbonyl (C=O) groups is 1. The number of nitrogens with zero attached hydrogens (tertiary/aromatic N) is 2. The van der Waals surface area contributed by atoms with Crippen molar-refractivity contribution in [1.29, 1.82) is 0 Å². The molecule has 3 aromatic rings. The molecule has 0 saturated carbocycles. The van der Waals surface area contributed by atoms with Crippen LogP contribution < -0.4 is 15.8 Å². The first-order chi connectivity index (χ1) is 13.4. The Hall–Kier alpha value is -3.33. The summed E-state index contributed by atoms with van der Waals surface area (Å²) < 4.78 is 42.0. The van der Waals surface area contributed by atoms with Crippen LogP contribution in [0.4, 0.5) is 13.2 Å². The minimum atomic E-state index is -4.74. The van der Waals surface area contributed by atoms with Gasteiger partial charge in [-0.25, -0.2) is 4.68 Å². The van der Waals surface area contributed by atoms with Gasteiger partial charge in [-0.1, -0.05) is 24.3 Å². The van der Waals surface area contributed by atoms with Gasteiger partial charge in [-0.2, -0.15) is 5.10 Å². The van der Waals surface area contributed by atoms with Crippen LogP contribution in [0.3, 0.4) is 0 Å². The predicted molar refractivity (Wildman–Crippen MR) is 95.8 cm³/mol. The lowest BCUT2D eigenvalue weighted by Gasteiger charge is -2.11. The fraction of sp³-hybridized carbons (Fsp3) is 0.158. The number of benzene rings is 2. The summed E-state index contributed by atoms with van der Waals surface area (Å²) in [4.78, 5) is 12.6. The maximum atomic E-state index is 12.6. The lowest BCUT2D eigenvalue weighted by atomic mass is 10.1. The SMILES string of the molecule is NCc1cnn(-c2ccccc2C(=O)NCc2ccc(OC(F)(F)F)cc2)c1. The fourth-order valence-corrected chi connectivity index (χ4v) is 2.55. The summed E-state index contributed by atoms with van der Waals surface area (Å²) >= 11 is 0. The molecule has 0 saturated heterocycles. The van der Waals surface area contributed by atoms with Crippen LogP contribution in [0.15, 0.2) is 60.9 Å². The molecule has 0 radical (unpaired) electrons. The number of rotatable bonds is 6. The van der Waals surface area contributed by atoms with E-state index in [4.69, 9.17) is 5.73 Å². The van der Waals surface area contributed by atoms with Crippen molar-refractivity contribution in [3.05, 3.63) is 77.6 Å². The number of nitrogens with two attached hydrogens (primary N) is 1. The van der Waals surface area contributed by atoms with E-state index in [9.17, 15) is 18.0 Å². The summed E-state index contributed by atoms with van der Waals surface area (Å²) in [5.41, 5.74) is 8.05. The number of amides is 1. The summed E-state index contributed by atoms with van der Waals surface area (Å²) in [6, 6.07) is 12.2. The van der Waals surface area contributed by atoms with Gasteiger partial charge in [0.15, 0.2) is 0 Å². The molecule has 1 amide bonds. The Morgan fingerprint density at radius 2 is 1.82 bits per heavy atom. The zero-order valence-electron chi connectivity index (χ0n) is 14.6. The van der Waals surface area contributed by atoms with E-state index in [1.807, 2.05) is 0 Å². The molecule has 0 aliphatic rings. The molecule has 1 heterocycles. The van der Waals surface area contributed by atoms with Crippen molar-refractivity contribution < 1.29 is 22.7 Å². The van der Waals surface area contributed by atoms with Gasteiger partial charge in [-0.3, -0.25) is 4.79 Å². The maximum Gasteiger partial charge on any atom is 0.573 e. The van der Waals surface area contributed by atoms with Gasteiger partial charge in [-0.05, 0) is 29.8 Å². The summed E-state index contributed by atoms with van der Waals surface area (Å²) in [5, 5.41) is 6.95. The smallest absolute Gasteiger partial charge is 0.406 e. The van der Waals surface area contributed by atoms with Gasteiger partial charge in [0, 0.05) is 24.8 Å². The van der Waals surface area contributed by atoms with E-state index in [0.717, 1.165) is 5.56 Å². The van der Waals surface area contributed by atoms with Crippen molar-refractivity contribution in [2.45, 2.75) is 19.5 Å². The number of aromatic nitrogens is 2. The first kappa shape index (κ1) is 19.4. The van der Waals surface area contributed by atoms with Crippen molar-refractivity contribution in [3.8, 4) is 11.4 Å². The Morgan fingerprint density at radius 3 is 2.46 bits per heavy atom. The molecule has 28 heavy (non-hydrogen) atoms. The van der Waals surface area contributed by atoms with Gasteiger partial charge >= 0.3 is 6.36 Å². The Morgan fingerprint density at radius 1 is 1.11 bits per heavy atom. The van der Waals surface area contributed by atoms with Crippen molar-refractivity contribution in [3.63, 3.8) is 0 Å².